The topological polar surface area (TPSA) is 54.0 Å². The first-order chi connectivity index (χ1) is 13.2. The normalized spacial score (nSPS) is 11.2. The first-order valence-electron chi connectivity index (χ1n) is 8.20. The van der Waals surface area contributed by atoms with Crippen LogP contribution in [-0.4, -0.2) is 11.0 Å². The van der Waals surface area contributed by atoms with Crippen LogP contribution in [0.15, 0.2) is 60.8 Å². The average Bonchev–Trinajstić information content (AvgIpc) is 2.63. The number of aromatic nitrogens is 1. The minimum Gasteiger partial charge on any atom is -0.308 e. The Bertz CT molecular complexity index is 1000. The van der Waals surface area contributed by atoms with Gasteiger partial charge in [-0.15, -0.1) is 0 Å². The third-order valence-corrected chi connectivity index (χ3v) is 4.24. The van der Waals surface area contributed by atoms with Crippen LogP contribution in [0.1, 0.15) is 11.3 Å². The summed E-state index contributed by atoms with van der Waals surface area (Å²) in [5, 5.41) is 4.90. The molecule has 0 fully saturated rings. The molecule has 2 amide bonds. The molecular weight excluding hydrogens is 391 g/mol. The Balaban J connectivity index is 1.70. The molecule has 3 rings (SSSR count). The lowest BCUT2D eigenvalue weighted by atomic mass is 10.1. The number of rotatable bonds is 3. The number of benzene rings is 2. The summed E-state index contributed by atoms with van der Waals surface area (Å²) in [5.74, 6) is 0. The number of hydrogen-bond acceptors (Lipinski definition) is 2. The molecule has 0 radical (unpaired) electrons. The van der Waals surface area contributed by atoms with E-state index in [2.05, 4.69) is 15.6 Å². The molecule has 8 heteroatoms. The minimum absolute atomic E-state index is 0.00607. The van der Waals surface area contributed by atoms with Gasteiger partial charge in [0.15, 0.2) is 0 Å². The summed E-state index contributed by atoms with van der Waals surface area (Å²) in [5.41, 5.74) is 2.27. The summed E-state index contributed by atoms with van der Waals surface area (Å²) in [6, 6.07) is 12.9. The Morgan fingerprint density at radius 1 is 0.964 bits per heavy atom. The van der Waals surface area contributed by atoms with Crippen molar-refractivity contribution in [3.63, 3.8) is 0 Å². The van der Waals surface area contributed by atoms with Crippen molar-refractivity contribution in [1.82, 2.24) is 4.98 Å². The monoisotopic (exact) mass is 405 g/mol. The van der Waals surface area contributed by atoms with Crippen LogP contribution in [0.2, 0.25) is 5.02 Å². The van der Waals surface area contributed by atoms with Gasteiger partial charge < -0.3 is 10.6 Å². The van der Waals surface area contributed by atoms with Gasteiger partial charge >= 0.3 is 12.2 Å². The quantitative estimate of drug-likeness (QED) is 0.531. The number of urea groups is 1. The van der Waals surface area contributed by atoms with Gasteiger partial charge in [0.25, 0.3) is 0 Å². The van der Waals surface area contributed by atoms with Gasteiger partial charge in [-0.2, -0.15) is 13.2 Å². The lowest BCUT2D eigenvalue weighted by Crippen LogP contribution is -2.20. The Morgan fingerprint density at radius 2 is 1.68 bits per heavy atom. The van der Waals surface area contributed by atoms with Crippen LogP contribution in [0.3, 0.4) is 0 Å². The summed E-state index contributed by atoms with van der Waals surface area (Å²) in [7, 11) is 0. The van der Waals surface area contributed by atoms with Gasteiger partial charge in [0.1, 0.15) is 0 Å². The highest BCUT2D eigenvalue weighted by atomic mass is 35.5. The molecule has 0 atom stereocenters. The lowest BCUT2D eigenvalue weighted by molar-refractivity contribution is -0.137. The molecule has 2 aromatic carbocycles. The zero-order valence-corrected chi connectivity index (χ0v) is 15.4. The SMILES string of the molecule is Cc1cc(-c2ccc(NC(=O)Nc3cc(C(F)(F)F)ccc3Cl)cc2)ccn1. The van der Waals surface area contributed by atoms with Crippen LogP contribution in [0, 0.1) is 6.92 Å². The highest BCUT2D eigenvalue weighted by Crippen LogP contribution is 2.33. The number of carbonyl (C=O) groups is 1. The van der Waals surface area contributed by atoms with Gasteiger partial charge in [-0.25, -0.2) is 4.79 Å². The van der Waals surface area contributed by atoms with E-state index in [4.69, 9.17) is 11.6 Å². The predicted molar refractivity (Wildman–Crippen MR) is 104 cm³/mol. The molecule has 0 spiro atoms. The third-order valence-electron chi connectivity index (χ3n) is 3.91. The number of nitrogens with zero attached hydrogens (tertiary/aromatic N) is 1. The van der Waals surface area contributed by atoms with Crippen molar-refractivity contribution in [2.24, 2.45) is 0 Å². The Kier molecular flexibility index (Phi) is 5.56. The fourth-order valence-electron chi connectivity index (χ4n) is 2.55. The van der Waals surface area contributed by atoms with Crippen molar-refractivity contribution in [2.75, 3.05) is 10.6 Å². The summed E-state index contributed by atoms with van der Waals surface area (Å²) in [6.45, 7) is 1.89. The van der Waals surface area contributed by atoms with E-state index in [0.29, 0.717) is 5.69 Å². The summed E-state index contributed by atoms with van der Waals surface area (Å²) < 4.78 is 38.4. The summed E-state index contributed by atoms with van der Waals surface area (Å²) in [4.78, 5) is 16.3. The van der Waals surface area contributed by atoms with E-state index in [1.54, 1.807) is 18.3 Å². The second-order valence-electron chi connectivity index (χ2n) is 6.03. The zero-order valence-electron chi connectivity index (χ0n) is 14.6. The molecule has 0 bridgehead atoms. The molecule has 144 valence electrons. The number of hydrogen-bond donors (Lipinski definition) is 2. The molecule has 4 nitrogen and oxygen atoms in total. The van der Waals surface area contributed by atoms with E-state index in [0.717, 1.165) is 35.0 Å². The van der Waals surface area contributed by atoms with Crippen molar-refractivity contribution in [3.05, 3.63) is 77.1 Å². The molecular formula is C20H15ClF3N3O. The molecule has 1 heterocycles. The fourth-order valence-corrected chi connectivity index (χ4v) is 2.72. The molecule has 0 saturated carbocycles. The molecule has 28 heavy (non-hydrogen) atoms. The Morgan fingerprint density at radius 3 is 2.32 bits per heavy atom. The van der Waals surface area contributed by atoms with Crippen LogP contribution in [0.5, 0.6) is 0 Å². The zero-order chi connectivity index (χ0) is 20.3. The van der Waals surface area contributed by atoms with Crippen molar-refractivity contribution in [2.45, 2.75) is 13.1 Å². The van der Waals surface area contributed by atoms with Gasteiger partial charge in [0.05, 0.1) is 16.3 Å². The maximum absolute atomic E-state index is 12.8. The molecule has 3 aromatic rings. The molecule has 0 aliphatic heterocycles. The largest absolute Gasteiger partial charge is 0.416 e. The predicted octanol–water partition coefficient (Wildman–Crippen LogP) is 6.37. The van der Waals surface area contributed by atoms with Crippen LogP contribution >= 0.6 is 11.6 Å². The molecule has 0 unspecified atom stereocenters. The number of alkyl halides is 3. The number of anilines is 2. The molecule has 1 aromatic heterocycles. The minimum atomic E-state index is -4.53. The molecule has 0 saturated heterocycles. The standard InChI is InChI=1S/C20H15ClF3N3O/c1-12-10-14(8-9-25-12)13-2-5-16(6-3-13)26-19(28)27-18-11-15(20(22,23)24)4-7-17(18)21/h2-11H,1H3,(H2,26,27,28). The van der Waals surface area contributed by atoms with E-state index in [1.165, 1.54) is 0 Å². The Hall–Kier alpha value is -3.06. The van der Waals surface area contributed by atoms with E-state index in [1.807, 2.05) is 31.2 Å². The second-order valence-corrected chi connectivity index (χ2v) is 6.44. The number of amides is 2. The van der Waals surface area contributed by atoms with Gasteiger partial charge in [-0.3, -0.25) is 4.98 Å². The summed E-state index contributed by atoms with van der Waals surface area (Å²) in [6.07, 6.45) is -2.82. The van der Waals surface area contributed by atoms with Crippen LogP contribution < -0.4 is 10.6 Å². The van der Waals surface area contributed by atoms with E-state index in [9.17, 15) is 18.0 Å². The molecule has 2 N–H and O–H groups in total. The number of aryl methyl sites for hydroxylation is 1. The number of halogens is 4. The first-order valence-corrected chi connectivity index (χ1v) is 8.58. The van der Waals surface area contributed by atoms with Gasteiger partial charge in [0, 0.05) is 17.6 Å². The molecule has 0 aliphatic carbocycles. The maximum atomic E-state index is 12.8. The van der Waals surface area contributed by atoms with Crippen molar-refractivity contribution < 1.29 is 18.0 Å². The van der Waals surface area contributed by atoms with Crippen molar-refractivity contribution in [3.8, 4) is 11.1 Å². The fraction of sp³-hybridized carbons (Fsp3) is 0.100. The average molecular weight is 406 g/mol. The number of pyridine rings is 1. The lowest BCUT2D eigenvalue weighted by Gasteiger charge is -2.12. The Labute approximate surface area is 164 Å². The van der Waals surface area contributed by atoms with Gasteiger partial charge in [-0.1, -0.05) is 23.7 Å². The van der Waals surface area contributed by atoms with Gasteiger partial charge in [-0.05, 0) is 60.5 Å². The highest BCUT2D eigenvalue weighted by Gasteiger charge is 2.31. The highest BCUT2D eigenvalue weighted by molar-refractivity contribution is 6.33. The van der Waals surface area contributed by atoms with Gasteiger partial charge in [0.2, 0.25) is 0 Å². The second kappa shape index (κ2) is 7.90. The number of carbonyl (C=O) groups excluding carboxylic acids is 1. The van der Waals surface area contributed by atoms with Crippen LogP contribution in [0.4, 0.5) is 29.3 Å². The van der Waals surface area contributed by atoms with Crippen LogP contribution in [0.25, 0.3) is 11.1 Å². The maximum Gasteiger partial charge on any atom is 0.416 e. The first kappa shape index (κ1) is 19.7. The molecule has 0 aliphatic rings. The summed E-state index contributed by atoms with van der Waals surface area (Å²) >= 11 is 5.88. The number of nitrogens with one attached hydrogen (secondary N) is 2. The van der Waals surface area contributed by atoms with Crippen LogP contribution in [-0.2, 0) is 6.18 Å². The van der Waals surface area contributed by atoms with Crippen molar-refractivity contribution in [1.29, 1.82) is 0 Å². The smallest absolute Gasteiger partial charge is 0.308 e. The van der Waals surface area contributed by atoms with E-state index >= 15 is 0 Å². The third kappa shape index (κ3) is 4.80. The van der Waals surface area contributed by atoms with E-state index in [-0.39, 0.29) is 10.7 Å². The van der Waals surface area contributed by atoms with E-state index < -0.39 is 17.8 Å². The van der Waals surface area contributed by atoms with Crippen molar-refractivity contribution >= 4 is 29.0 Å².